The number of benzene rings is 1. The van der Waals surface area contributed by atoms with Crippen LogP contribution < -0.4 is 15.6 Å². The Bertz CT molecular complexity index is 1550. The summed E-state index contributed by atoms with van der Waals surface area (Å²) in [5.41, 5.74) is 4.44. The van der Waals surface area contributed by atoms with Crippen LogP contribution in [0.2, 0.25) is 0 Å². The molecular formula is C32H42N8O2. The van der Waals surface area contributed by atoms with E-state index in [9.17, 15) is 4.79 Å². The van der Waals surface area contributed by atoms with E-state index in [0.717, 1.165) is 92.9 Å². The maximum atomic E-state index is 11.9. The summed E-state index contributed by atoms with van der Waals surface area (Å²) in [4.78, 5) is 21.5. The molecule has 10 nitrogen and oxygen atoms in total. The van der Waals surface area contributed by atoms with Gasteiger partial charge in [-0.15, -0.1) is 5.10 Å². The van der Waals surface area contributed by atoms with Crippen molar-refractivity contribution in [1.29, 1.82) is 0 Å². The van der Waals surface area contributed by atoms with Crippen molar-refractivity contribution < 1.29 is 4.74 Å². The van der Waals surface area contributed by atoms with Crippen LogP contribution >= 0.6 is 0 Å². The quantitative estimate of drug-likeness (QED) is 0.316. The van der Waals surface area contributed by atoms with Crippen molar-refractivity contribution in [2.45, 2.75) is 64.8 Å². The van der Waals surface area contributed by atoms with Crippen molar-refractivity contribution in [3.63, 3.8) is 0 Å². The molecule has 222 valence electrons. The Hall–Kier alpha value is -3.76. The van der Waals surface area contributed by atoms with Crippen LogP contribution in [-0.2, 0) is 13.1 Å². The molecule has 4 aromatic rings. The fourth-order valence-corrected chi connectivity index (χ4v) is 6.13. The topological polar surface area (TPSA) is 93.3 Å². The van der Waals surface area contributed by atoms with Crippen LogP contribution in [0, 0.1) is 0 Å². The highest BCUT2D eigenvalue weighted by Crippen LogP contribution is 2.36. The van der Waals surface area contributed by atoms with Gasteiger partial charge in [-0.1, -0.05) is 24.3 Å². The highest BCUT2D eigenvalue weighted by molar-refractivity contribution is 5.94. The minimum Gasteiger partial charge on any atom is -0.473 e. The normalized spacial score (nSPS) is 20.2. The van der Waals surface area contributed by atoms with Gasteiger partial charge in [-0.3, -0.25) is 14.4 Å². The van der Waals surface area contributed by atoms with E-state index in [1.807, 2.05) is 13.1 Å². The molecule has 1 aliphatic heterocycles. The Labute approximate surface area is 247 Å². The number of rotatable bonds is 9. The summed E-state index contributed by atoms with van der Waals surface area (Å²) in [5.74, 6) is 1.39. The van der Waals surface area contributed by atoms with Gasteiger partial charge in [0.2, 0.25) is 5.88 Å². The molecule has 2 fully saturated rings. The van der Waals surface area contributed by atoms with Crippen LogP contribution in [-0.4, -0.2) is 80.2 Å². The number of likely N-dealkylation sites (N-methyl/N-ethyl adjacent to an activating group) is 1. The van der Waals surface area contributed by atoms with Gasteiger partial charge < -0.3 is 15.0 Å². The number of nitrogens with zero attached hydrogens (tertiary/aromatic N) is 7. The molecule has 1 saturated carbocycles. The van der Waals surface area contributed by atoms with Crippen LogP contribution in [0.1, 0.15) is 51.1 Å². The summed E-state index contributed by atoms with van der Waals surface area (Å²) >= 11 is 0. The van der Waals surface area contributed by atoms with Crippen molar-refractivity contribution in [2.24, 2.45) is 0 Å². The number of fused-ring (bicyclic) bond motifs is 1. The molecule has 3 aromatic heterocycles. The van der Waals surface area contributed by atoms with E-state index in [2.05, 4.69) is 69.2 Å². The van der Waals surface area contributed by atoms with Gasteiger partial charge in [0, 0.05) is 81.2 Å². The second kappa shape index (κ2) is 12.6. The average molecular weight is 571 g/mol. The first-order chi connectivity index (χ1) is 20.5. The third-order valence-corrected chi connectivity index (χ3v) is 8.60. The second-order valence-electron chi connectivity index (χ2n) is 11.6. The van der Waals surface area contributed by atoms with Gasteiger partial charge >= 0.3 is 0 Å². The summed E-state index contributed by atoms with van der Waals surface area (Å²) in [5, 5.41) is 14.0. The largest absolute Gasteiger partial charge is 0.473 e. The van der Waals surface area contributed by atoms with Crippen molar-refractivity contribution >= 4 is 16.7 Å². The van der Waals surface area contributed by atoms with Crippen molar-refractivity contribution in [3.8, 4) is 17.1 Å². The van der Waals surface area contributed by atoms with Gasteiger partial charge in [-0.2, -0.15) is 5.10 Å². The molecule has 0 amide bonds. The van der Waals surface area contributed by atoms with Crippen LogP contribution in [0.25, 0.3) is 22.2 Å². The van der Waals surface area contributed by atoms with Crippen molar-refractivity contribution in [2.75, 3.05) is 45.1 Å². The highest BCUT2D eigenvalue weighted by Gasteiger charge is 2.27. The van der Waals surface area contributed by atoms with Gasteiger partial charge in [-0.25, -0.2) is 9.67 Å². The van der Waals surface area contributed by atoms with Gasteiger partial charge in [0.15, 0.2) is 0 Å². The molecule has 0 radical (unpaired) electrons. The average Bonchev–Trinajstić information content (AvgIpc) is 3.39. The summed E-state index contributed by atoms with van der Waals surface area (Å²) in [6, 6.07) is 14.5. The number of piperazine rings is 1. The zero-order valence-electron chi connectivity index (χ0n) is 25.0. The Balaban J connectivity index is 1.20. The Morgan fingerprint density at radius 1 is 0.952 bits per heavy atom. The molecule has 42 heavy (non-hydrogen) atoms. The maximum Gasteiger partial charge on any atom is 0.266 e. The number of hydrogen-bond donors (Lipinski definition) is 1. The van der Waals surface area contributed by atoms with Crippen LogP contribution in [0.4, 0.5) is 5.82 Å². The lowest BCUT2D eigenvalue weighted by molar-refractivity contribution is 0.123. The third kappa shape index (κ3) is 6.19. The standard InChI is InChI=1S/C32H42N8O2/c1-4-33-29-20-28-27(21-34-29)32(24-8-6-23(7-9-24)22-38-18-16-37(3)17-19-38)36-40(28)25-10-12-26(13-11-25)42-30-14-15-31(41)39(5-2)35-30/h6-9,14-15,20-21,25-26H,4-5,10-13,16-19,22H2,1-3H3,(H,33,34). The Morgan fingerprint density at radius 3 is 2.43 bits per heavy atom. The maximum absolute atomic E-state index is 11.9. The van der Waals surface area contributed by atoms with Crippen molar-refractivity contribution in [1.82, 2.24) is 34.3 Å². The summed E-state index contributed by atoms with van der Waals surface area (Å²) < 4.78 is 9.85. The van der Waals surface area contributed by atoms with E-state index < -0.39 is 0 Å². The number of hydrogen-bond acceptors (Lipinski definition) is 8. The van der Waals surface area contributed by atoms with E-state index in [1.165, 1.54) is 16.3 Å². The second-order valence-corrected chi connectivity index (χ2v) is 11.6. The van der Waals surface area contributed by atoms with Gasteiger partial charge in [-0.05, 0) is 52.1 Å². The third-order valence-electron chi connectivity index (χ3n) is 8.60. The summed E-state index contributed by atoms with van der Waals surface area (Å²) in [6.07, 6.45) is 5.76. The molecule has 0 bridgehead atoms. The van der Waals surface area contributed by atoms with E-state index in [1.54, 1.807) is 6.07 Å². The number of aryl methyl sites for hydroxylation is 1. The molecule has 1 saturated heterocycles. The lowest BCUT2D eigenvalue weighted by Gasteiger charge is -2.32. The predicted octanol–water partition coefficient (Wildman–Crippen LogP) is 4.42. The number of pyridine rings is 1. The lowest BCUT2D eigenvalue weighted by atomic mass is 9.93. The SMILES string of the molecule is CCNc1cc2c(cn1)c(-c1ccc(CN3CCN(C)CC3)cc1)nn2C1CCC(Oc2ccc(=O)n(CC)n2)CC1. The highest BCUT2D eigenvalue weighted by atomic mass is 16.5. The molecule has 1 N–H and O–H groups in total. The molecule has 4 heterocycles. The molecule has 1 aromatic carbocycles. The first-order valence-electron chi connectivity index (χ1n) is 15.4. The number of aromatic nitrogens is 5. The number of anilines is 1. The molecule has 10 heteroatoms. The van der Waals surface area contributed by atoms with E-state index in [-0.39, 0.29) is 17.7 Å². The zero-order valence-corrected chi connectivity index (χ0v) is 25.0. The summed E-state index contributed by atoms with van der Waals surface area (Å²) in [6.45, 7) is 10.8. The van der Waals surface area contributed by atoms with E-state index in [4.69, 9.17) is 14.8 Å². The smallest absolute Gasteiger partial charge is 0.266 e. The van der Waals surface area contributed by atoms with Gasteiger partial charge in [0.1, 0.15) is 17.6 Å². The first-order valence-corrected chi connectivity index (χ1v) is 15.4. The predicted molar refractivity (Wildman–Crippen MR) is 166 cm³/mol. The lowest BCUT2D eigenvalue weighted by Crippen LogP contribution is -2.43. The molecule has 6 rings (SSSR count). The van der Waals surface area contributed by atoms with Crippen LogP contribution in [0.3, 0.4) is 0 Å². The molecule has 0 atom stereocenters. The fourth-order valence-electron chi connectivity index (χ4n) is 6.13. The fraction of sp³-hybridized carbons (Fsp3) is 0.500. The monoisotopic (exact) mass is 570 g/mol. The summed E-state index contributed by atoms with van der Waals surface area (Å²) in [7, 11) is 2.19. The molecule has 0 spiro atoms. The van der Waals surface area contributed by atoms with Crippen molar-refractivity contribution in [3.05, 3.63) is 64.6 Å². The Morgan fingerprint density at radius 2 is 1.71 bits per heavy atom. The molecule has 2 aliphatic rings. The van der Waals surface area contributed by atoms with E-state index in [0.29, 0.717) is 12.4 Å². The number of ether oxygens (including phenoxy) is 1. The Kier molecular flexibility index (Phi) is 8.53. The first kappa shape index (κ1) is 28.4. The minimum absolute atomic E-state index is 0.0738. The molecular weight excluding hydrogens is 528 g/mol. The molecule has 0 unspecified atom stereocenters. The van der Waals surface area contributed by atoms with E-state index >= 15 is 0 Å². The van der Waals surface area contributed by atoms with Crippen LogP contribution in [0.5, 0.6) is 5.88 Å². The number of nitrogens with one attached hydrogen (secondary N) is 1. The minimum atomic E-state index is -0.106. The van der Waals surface area contributed by atoms with Gasteiger partial charge in [0.05, 0.1) is 11.6 Å². The molecule has 1 aliphatic carbocycles. The van der Waals surface area contributed by atoms with Crippen LogP contribution in [0.15, 0.2) is 53.5 Å². The zero-order chi connectivity index (χ0) is 29.1. The van der Waals surface area contributed by atoms with Gasteiger partial charge in [0.25, 0.3) is 5.56 Å².